The molecule has 1 aliphatic rings. The Kier molecular flexibility index (Phi) is 6.06. The molecule has 1 aliphatic heterocycles. The van der Waals surface area contributed by atoms with Crippen LogP contribution in [0.15, 0.2) is 30.3 Å². The number of nitrogens with one attached hydrogen (secondary N) is 1. The summed E-state index contributed by atoms with van der Waals surface area (Å²) in [6, 6.07) is 12.1. The maximum absolute atomic E-state index is 3.76. The van der Waals surface area contributed by atoms with Gasteiger partial charge in [-0.05, 0) is 30.9 Å². The standard InChI is InChI=1S/C18H30N2/c1-4-5-11-20-14-18(16-9-7-6-8-10-16)19-13-17(20)12-15(2)3/h6-10,15,17-19H,4-5,11-14H2,1-3H3. The molecule has 1 fully saturated rings. The Labute approximate surface area is 124 Å². The van der Waals surface area contributed by atoms with Gasteiger partial charge in [0.2, 0.25) is 0 Å². The van der Waals surface area contributed by atoms with Gasteiger partial charge in [0.05, 0.1) is 0 Å². The maximum Gasteiger partial charge on any atom is 0.0449 e. The second-order valence-electron chi connectivity index (χ2n) is 6.50. The lowest BCUT2D eigenvalue weighted by molar-refractivity contribution is 0.112. The Hall–Kier alpha value is -0.860. The average Bonchev–Trinajstić information content (AvgIpc) is 2.46. The van der Waals surface area contributed by atoms with Gasteiger partial charge in [0.25, 0.3) is 0 Å². The van der Waals surface area contributed by atoms with Crippen molar-refractivity contribution in [3.05, 3.63) is 35.9 Å². The first-order chi connectivity index (χ1) is 9.70. The molecule has 1 N–H and O–H groups in total. The predicted octanol–water partition coefficient (Wildman–Crippen LogP) is 3.85. The lowest BCUT2D eigenvalue weighted by Crippen LogP contribution is -2.53. The maximum atomic E-state index is 3.76. The number of unbranched alkanes of at least 4 members (excludes halogenated alkanes) is 1. The van der Waals surface area contributed by atoms with E-state index in [1.165, 1.54) is 31.4 Å². The van der Waals surface area contributed by atoms with Crippen molar-refractivity contribution in [1.82, 2.24) is 10.2 Å². The summed E-state index contributed by atoms with van der Waals surface area (Å²) in [5.74, 6) is 0.777. The van der Waals surface area contributed by atoms with Crippen molar-refractivity contribution in [2.75, 3.05) is 19.6 Å². The molecular formula is C18H30N2. The Balaban J connectivity index is 2.00. The molecule has 2 nitrogen and oxygen atoms in total. The van der Waals surface area contributed by atoms with E-state index in [0.717, 1.165) is 19.0 Å². The van der Waals surface area contributed by atoms with E-state index in [0.29, 0.717) is 12.1 Å². The molecule has 0 saturated carbocycles. The van der Waals surface area contributed by atoms with Crippen molar-refractivity contribution in [3.8, 4) is 0 Å². The molecule has 1 heterocycles. The molecule has 2 atom stereocenters. The van der Waals surface area contributed by atoms with Crippen LogP contribution in [0.4, 0.5) is 0 Å². The minimum atomic E-state index is 0.497. The van der Waals surface area contributed by atoms with Gasteiger partial charge in [-0.15, -0.1) is 0 Å². The molecule has 112 valence electrons. The van der Waals surface area contributed by atoms with Crippen LogP contribution in [0.1, 0.15) is 51.6 Å². The predicted molar refractivity (Wildman–Crippen MR) is 86.9 cm³/mol. The lowest BCUT2D eigenvalue weighted by Gasteiger charge is -2.41. The van der Waals surface area contributed by atoms with Crippen LogP contribution in [0.5, 0.6) is 0 Å². The first-order valence-corrected chi connectivity index (χ1v) is 8.23. The summed E-state index contributed by atoms with van der Waals surface area (Å²) in [7, 11) is 0. The molecule has 0 amide bonds. The highest BCUT2D eigenvalue weighted by atomic mass is 15.2. The van der Waals surface area contributed by atoms with E-state index in [2.05, 4.69) is 61.3 Å². The molecule has 1 aromatic rings. The first-order valence-electron chi connectivity index (χ1n) is 8.23. The highest BCUT2D eigenvalue weighted by Gasteiger charge is 2.28. The summed E-state index contributed by atoms with van der Waals surface area (Å²) in [6.45, 7) is 10.5. The normalized spacial score (nSPS) is 24.2. The van der Waals surface area contributed by atoms with E-state index in [4.69, 9.17) is 0 Å². The van der Waals surface area contributed by atoms with Crippen molar-refractivity contribution in [2.45, 2.75) is 52.1 Å². The average molecular weight is 274 g/mol. The SMILES string of the molecule is CCCCN1CC(c2ccccc2)NCC1CC(C)C. The Morgan fingerprint density at radius 2 is 2.00 bits per heavy atom. The largest absolute Gasteiger partial charge is 0.307 e. The summed E-state index contributed by atoms with van der Waals surface area (Å²) in [4.78, 5) is 2.72. The van der Waals surface area contributed by atoms with Gasteiger partial charge < -0.3 is 5.32 Å². The molecule has 2 heteroatoms. The topological polar surface area (TPSA) is 15.3 Å². The van der Waals surface area contributed by atoms with Crippen molar-refractivity contribution in [3.63, 3.8) is 0 Å². The van der Waals surface area contributed by atoms with Crippen molar-refractivity contribution in [2.24, 2.45) is 5.92 Å². The summed E-state index contributed by atoms with van der Waals surface area (Å²) in [5, 5.41) is 3.76. The zero-order valence-corrected chi connectivity index (χ0v) is 13.3. The molecule has 2 rings (SSSR count). The van der Waals surface area contributed by atoms with Gasteiger partial charge in [-0.3, -0.25) is 4.90 Å². The van der Waals surface area contributed by atoms with Crippen molar-refractivity contribution < 1.29 is 0 Å². The number of nitrogens with zero attached hydrogens (tertiary/aromatic N) is 1. The fourth-order valence-electron chi connectivity index (χ4n) is 3.18. The van der Waals surface area contributed by atoms with Gasteiger partial charge in [-0.2, -0.15) is 0 Å². The van der Waals surface area contributed by atoms with Crippen molar-refractivity contribution in [1.29, 1.82) is 0 Å². The van der Waals surface area contributed by atoms with E-state index in [9.17, 15) is 0 Å². The van der Waals surface area contributed by atoms with Crippen molar-refractivity contribution >= 4 is 0 Å². The molecule has 2 unspecified atom stereocenters. The molecule has 1 aromatic carbocycles. The van der Waals surface area contributed by atoms with Crippen LogP contribution >= 0.6 is 0 Å². The molecule has 0 spiro atoms. The van der Waals surface area contributed by atoms with Gasteiger partial charge in [0.15, 0.2) is 0 Å². The van der Waals surface area contributed by atoms with Gasteiger partial charge in [0.1, 0.15) is 0 Å². The van der Waals surface area contributed by atoms with Crippen LogP contribution in [0.25, 0.3) is 0 Å². The van der Waals surface area contributed by atoms with E-state index < -0.39 is 0 Å². The molecular weight excluding hydrogens is 244 g/mol. The van der Waals surface area contributed by atoms with Crippen LogP contribution in [-0.4, -0.2) is 30.6 Å². The van der Waals surface area contributed by atoms with Gasteiger partial charge >= 0.3 is 0 Å². The Bertz CT molecular complexity index is 374. The Morgan fingerprint density at radius 1 is 1.25 bits per heavy atom. The second-order valence-corrected chi connectivity index (χ2v) is 6.50. The van der Waals surface area contributed by atoms with Crippen LogP contribution in [-0.2, 0) is 0 Å². The Morgan fingerprint density at radius 3 is 2.65 bits per heavy atom. The second kappa shape index (κ2) is 7.80. The first kappa shape index (κ1) is 15.5. The third-order valence-electron chi connectivity index (χ3n) is 4.28. The van der Waals surface area contributed by atoms with Gasteiger partial charge in [-0.25, -0.2) is 0 Å². The van der Waals surface area contributed by atoms with Crippen LogP contribution in [0, 0.1) is 5.92 Å². The lowest BCUT2D eigenvalue weighted by atomic mass is 9.96. The molecule has 0 radical (unpaired) electrons. The number of hydrogen-bond donors (Lipinski definition) is 1. The summed E-state index contributed by atoms with van der Waals surface area (Å²) in [6.07, 6.45) is 3.91. The summed E-state index contributed by atoms with van der Waals surface area (Å²) in [5.41, 5.74) is 1.43. The third-order valence-corrected chi connectivity index (χ3v) is 4.28. The summed E-state index contributed by atoms with van der Waals surface area (Å²) < 4.78 is 0. The van der Waals surface area contributed by atoms with E-state index in [1.807, 2.05) is 0 Å². The van der Waals surface area contributed by atoms with E-state index in [1.54, 1.807) is 0 Å². The molecule has 0 bridgehead atoms. The van der Waals surface area contributed by atoms with Crippen LogP contribution in [0.2, 0.25) is 0 Å². The monoisotopic (exact) mass is 274 g/mol. The third kappa shape index (κ3) is 4.32. The van der Waals surface area contributed by atoms with E-state index in [-0.39, 0.29) is 0 Å². The van der Waals surface area contributed by atoms with Gasteiger partial charge in [-0.1, -0.05) is 57.5 Å². The molecule has 0 aromatic heterocycles. The highest BCUT2D eigenvalue weighted by Crippen LogP contribution is 2.23. The van der Waals surface area contributed by atoms with E-state index >= 15 is 0 Å². The number of piperazine rings is 1. The number of rotatable bonds is 6. The molecule has 1 saturated heterocycles. The summed E-state index contributed by atoms with van der Waals surface area (Å²) >= 11 is 0. The van der Waals surface area contributed by atoms with Crippen LogP contribution in [0.3, 0.4) is 0 Å². The molecule has 20 heavy (non-hydrogen) atoms. The minimum Gasteiger partial charge on any atom is -0.307 e. The molecule has 0 aliphatic carbocycles. The minimum absolute atomic E-state index is 0.497. The fraction of sp³-hybridized carbons (Fsp3) is 0.667. The quantitative estimate of drug-likeness (QED) is 0.847. The number of hydrogen-bond acceptors (Lipinski definition) is 2. The zero-order chi connectivity index (χ0) is 14.4. The van der Waals surface area contributed by atoms with Crippen LogP contribution < -0.4 is 5.32 Å². The number of benzene rings is 1. The fourth-order valence-corrected chi connectivity index (χ4v) is 3.18. The smallest absolute Gasteiger partial charge is 0.0449 e. The zero-order valence-electron chi connectivity index (χ0n) is 13.3. The highest BCUT2D eigenvalue weighted by molar-refractivity contribution is 5.20. The van der Waals surface area contributed by atoms with Gasteiger partial charge in [0, 0.05) is 25.2 Å².